The van der Waals surface area contributed by atoms with Crippen molar-refractivity contribution in [1.29, 1.82) is 0 Å². The lowest BCUT2D eigenvalue weighted by Crippen LogP contribution is -2.33. The van der Waals surface area contributed by atoms with E-state index in [1.807, 2.05) is 0 Å². The molecule has 0 radical (unpaired) electrons. The van der Waals surface area contributed by atoms with Gasteiger partial charge in [-0.05, 0) is 88.0 Å². The number of nitrogens with zero attached hydrogens (tertiary/aromatic N) is 2. The van der Waals surface area contributed by atoms with Crippen LogP contribution in [0.2, 0.25) is 0 Å². The number of hydrogen-bond donors (Lipinski definition) is 2. The number of carbonyl (C=O) groups is 4. The van der Waals surface area contributed by atoms with Gasteiger partial charge in [-0.1, -0.05) is 79.8 Å². The van der Waals surface area contributed by atoms with E-state index in [9.17, 15) is 19.2 Å². The second-order valence-electron chi connectivity index (χ2n) is 8.39. The normalized spacial score (nSPS) is 17.0. The monoisotopic (exact) mass is 1020 g/mol. The summed E-state index contributed by atoms with van der Waals surface area (Å²) in [6.07, 6.45) is -0.0370. The van der Waals surface area contributed by atoms with E-state index in [4.69, 9.17) is 24.4 Å². The molecule has 2 aromatic carbocycles. The van der Waals surface area contributed by atoms with E-state index in [-0.39, 0.29) is 56.2 Å². The summed E-state index contributed by atoms with van der Waals surface area (Å²) in [5, 5.41) is 5.63. The molecule has 8 nitrogen and oxygen atoms in total. The Morgan fingerprint density at radius 3 is 1.26 bits per heavy atom. The Morgan fingerprint density at radius 1 is 0.643 bits per heavy atom. The number of carbonyl (C=O) groups excluding carboxylic acids is 4. The molecular formula is C24H14Br6N4O4S4. The molecule has 18 heteroatoms. The molecule has 4 amide bonds. The Labute approximate surface area is 310 Å². The highest BCUT2D eigenvalue weighted by Gasteiger charge is 2.42. The van der Waals surface area contributed by atoms with Crippen LogP contribution in [-0.4, -0.2) is 55.2 Å². The van der Waals surface area contributed by atoms with Crippen molar-refractivity contribution < 1.29 is 19.2 Å². The van der Waals surface area contributed by atoms with Crippen molar-refractivity contribution in [2.24, 2.45) is 0 Å². The van der Waals surface area contributed by atoms with Crippen molar-refractivity contribution in [2.45, 2.75) is 12.8 Å². The van der Waals surface area contributed by atoms with Crippen LogP contribution in [0.25, 0.3) is 0 Å². The van der Waals surface area contributed by atoms with Crippen LogP contribution in [0.15, 0.2) is 60.9 Å². The average molecular weight is 1030 g/mol. The predicted molar refractivity (Wildman–Crippen MR) is 196 cm³/mol. The molecular weight excluding hydrogens is 1020 g/mol. The summed E-state index contributed by atoms with van der Waals surface area (Å²) >= 11 is 33.2. The van der Waals surface area contributed by atoms with Gasteiger partial charge in [0.1, 0.15) is 8.64 Å². The van der Waals surface area contributed by atoms with E-state index in [0.717, 1.165) is 32.5 Å². The number of thiocarbonyl (C=S) groups is 2. The summed E-state index contributed by atoms with van der Waals surface area (Å²) < 4.78 is 4.84. The van der Waals surface area contributed by atoms with Gasteiger partial charge in [-0.25, -0.2) is 0 Å². The Bertz CT molecular complexity index is 1440. The van der Waals surface area contributed by atoms with Gasteiger partial charge in [0, 0.05) is 52.8 Å². The standard InChI is InChI=1S/C24H14Br6N4O4S4/c25-9-5-11(27)17(12(28)6-9)31-15(35)1-3-33-21(37)19(41-23(33)39)20-22(38)34(24(40)42-20)4-2-16(36)32-18-13(29)7-10(26)8-14(18)30/h5-8H,1-4H2,(H,31,35)(H,32,36). The molecule has 220 valence electrons. The number of thioether (sulfide) groups is 2. The molecule has 0 spiro atoms. The summed E-state index contributed by atoms with van der Waals surface area (Å²) in [4.78, 5) is 54.7. The number of amides is 4. The van der Waals surface area contributed by atoms with Crippen molar-refractivity contribution in [3.8, 4) is 0 Å². The molecule has 42 heavy (non-hydrogen) atoms. The van der Waals surface area contributed by atoms with Crippen molar-refractivity contribution in [3.05, 3.63) is 60.9 Å². The molecule has 0 saturated carbocycles. The van der Waals surface area contributed by atoms with Gasteiger partial charge in [0.25, 0.3) is 11.8 Å². The third kappa shape index (κ3) is 8.15. The van der Waals surface area contributed by atoms with Crippen molar-refractivity contribution >= 4 is 187 Å². The Hall–Kier alpha value is -0.180. The van der Waals surface area contributed by atoms with Crippen molar-refractivity contribution in [3.63, 3.8) is 0 Å². The largest absolute Gasteiger partial charge is 0.324 e. The minimum Gasteiger partial charge on any atom is -0.324 e. The number of hydrogen-bond acceptors (Lipinski definition) is 8. The maximum Gasteiger partial charge on any atom is 0.267 e. The fourth-order valence-electron chi connectivity index (χ4n) is 3.61. The Morgan fingerprint density at radius 2 is 0.952 bits per heavy atom. The molecule has 2 aliphatic heterocycles. The molecule has 0 bridgehead atoms. The maximum absolute atomic E-state index is 13.2. The van der Waals surface area contributed by atoms with Crippen molar-refractivity contribution in [1.82, 2.24) is 9.80 Å². The zero-order valence-corrected chi connectivity index (χ0v) is 33.3. The molecule has 0 aliphatic carbocycles. The van der Waals surface area contributed by atoms with Gasteiger partial charge < -0.3 is 10.6 Å². The minimum absolute atomic E-state index is 0.0185. The molecule has 2 heterocycles. The Balaban J connectivity index is 1.37. The van der Waals surface area contributed by atoms with Crippen LogP contribution in [0, 0.1) is 0 Å². The van der Waals surface area contributed by atoms with Crippen LogP contribution in [0.3, 0.4) is 0 Å². The van der Waals surface area contributed by atoms with E-state index >= 15 is 0 Å². The second-order valence-corrected chi connectivity index (χ2v) is 16.9. The fourth-order valence-corrected chi connectivity index (χ4v) is 11.3. The first-order chi connectivity index (χ1) is 19.8. The van der Waals surface area contributed by atoms with Crippen LogP contribution in [0.1, 0.15) is 12.8 Å². The van der Waals surface area contributed by atoms with Crippen LogP contribution in [0.5, 0.6) is 0 Å². The van der Waals surface area contributed by atoms with Gasteiger partial charge in [-0.3, -0.25) is 29.0 Å². The Kier molecular flexibility index (Phi) is 12.3. The zero-order valence-electron chi connectivity index (χ0n) is 20.6. The fraction of sp³-hybridized carbons (Fsp3) is 0.167. The number of rotatable bonds is 8. The first-order valence-corrected chi connectivity index (χ1v) is 18.7. The summed E-state index contributed by atoms with van der Waals surface area (Å²) in [6.45, 7) is 0.0703. The zero-order chi connectivity index (χ0) is 30.9. The van der Waals surface area contributed by atoms with Crippen LogP contribution in [-0.2, 0) is 19.2 Å². The summed E-state index contributed by atoms with van der Waals surface area (Å²) in [7, 11) is 0. The molecule has 2 saturated heterocycles. The van der Waals surface area contributed by atoms with Crippen LogP contribution in [0.4, 0.5) is 11.4 Å². The first kappa shape index (κ1) is 34.7. The van der Waals surface area contributed by atoms with E-state index in [0.29, 0.717) is 29.3 Å². The average Bonchev–Trinajstić information content (AvgIpc) is 3.33. The molecule has 0 aromatic heterocycles. The molecule has 4 rings (SSSR count). The number of halogens is 6. The van der Waals surface area contributed by atoms with Gasteiger partial charge in [0.15, 0.2) is 0 Å². The summed E-state index contributed by atoms with van der Waals surface area (Å²) in [6, 6.07) is 7.19. The highest BCUT2D eigenvalue weighted by atomic mass is 79.9. The molecule has 2 N–H and O–H groups in total. The quantitative estimate of drug-likeness (QED) is 0.201. The van der Waals surface area contributed by atoms with E-state index in [1.165, 1.54) is 9.80 Å². The molecule has 0 atom stereocenters. The number of benzene rings is 2. The molecule has 0 unspecified atom stereocenters. The lowest BCUT2D eigenvalue weighted by atomic mass is 10.3. The van der Waals surface area contributed by atoms with Gasteiger partial charge in [0.2, 0.25) is 11.8 Å². The number of anilines is 2. The van der Waals surface area contributed by atoms with Crippen molar-refractivity contribution in [2.75, 3.05) is 23.7 Å². The SMILES string of the molecule is O=C(CCN1C(=O)C(=C2SC(=S)N(CCC(=O)Nc3c(Br)cc(Br)cc3Br)C2=O)SC1=S)Nc1c(Br)cc(Br)cc1Br. The highest BCUT2D eigenvalue weighted by molar-refractivity contribution is 9.12. The third-order valence-corrected chi connectivity index (χ3v) is 12.0. The molecule has 2 aromatic rings. The topological polar surface area (TPSA) is 98.8 Å². The lowest BCUT2D eigenvalue weighted by molar-refractivity contribution is -0.125. The predicted octanol–water partition coefficient (Wildman–Crippen LogP) is 8.55. The third-order valence-electron chi connectivity index (χ3n) is 5.57. The smallest absolute Gasteiger partial charge is 0.267 e. The lowest BCUT2D eigenvalue weighted by Gasteiger charge is -2.15. The van der Waals surface area contributed by atoms with Gasteiger partial charge in [0.05, 0.1) is 21.2 Å². The van der Waals surface area contributed by atoms with Gasteiger partial charge in [-0.2, -0.15) is 0 Å². The van der Waals surface area contributed by atoms with Gasteiger partial charge >= 0.3 is 0 Å². The van der Waals surface area contributed by atoms with Crippen LogP contribution < -0.4 is 10.6 Å². The molecule has 2 aliphatic rings. The minimum atomic E-state index is -0.466. The maximum atomic E-state index is 13.2. The first-order valence-electron chi connectivity index (χ1n) is 11.5. The summed E-state index contributed by atoms with van der Waals surface area (Å²) in [5.41, 5.74) is 1.12. The second kappa shape index (κ2) is 14.9. The molecule has 2 fully saturated rings. The van der Waals surface area contributed by atoms with Gasteiger partial charge in [-0.15, -0.1) is 0 Å². The van der Waals surface area contributed by atoms with E-state index < -0.39 is 11.8 Å². The van der Waals surface area contributed by atoms with E-state index in [2.05, 4.69) is 106 Å². The highest BCUT2D eigenvalue weighted by Crippen LogP contribution is 2.42. The van der Waals surface area contributed by atoms with E-state index in [1.54, 1.807) is 24.3 Å². The number of nitrogens with one attached hydrogen (secondary N) is 2. The summed E-state index contributed by atoms with van der Waals surface area (Å²) in [5.74, 6) is -1.57. The van der Waals surface area contributed by atoms with Crippen LogP contribution >= 0.6 is 144 Å².